The summed E-state index contributed by atoms with van der Waals surface area (Å²) in [6.07, 6.45) is 0.450. The predicted molar refractivity (Wildman–Crippen MR) is 116 cm³/mol. The Morgan fingerprint density at radius 3 is 2.48 bits per heavy atom. The van der Waals surface area contributed by atoms with Gasteiger partial charge in [-0.15, -0.1) is 0 Å². The first-order valence-electron chi connectivity index (χ1n) is 10.4. The third kappa shape index (κ3) is 4.39. The molecule has 1 saturated carbocycles. The summed E-state index contributed by atoms with van der Waals surface area (Å²) in [4.78, 5) is 21.0. The monoisotopic (exact) mass is 452 g/mol. The van der Waals surface area contributed by atoms with Crippen molar-refractivity contribution in [3.63, 3.8) is 0 Å². The number of aryl methyl sites for hydroxylation is 1. The molecule has 1 fully saturated rings. The van der Waals surface area contributed by atoms with Crippen molar-refractivity contribution in [3.8, 4) is 11.6 Å². The molecule has 0 bridgehead atoms. The van der Waals surface area contributed by atoms with Crippen LogP contribution in [0.2, 0.25) is 0 Å². The van der Waals surface area contributed by atoms with Crippen LogP contribution in [0, 0.1) is 6.92 Å². The van der Waals surface area contributed by atoms with Crippen LogP contribution in [0.1, 0.15) is 46.1 Å². The Bertz CT molecular complexity index is 1330. The molecule has 3 aromatic heterocycles. The largest absolute Gasteiger partial charge is 0.439 e. The second-order valence-electron chi connectivity index (χ2n) is 7.97. The van der Waals surface area contributed by atoms with E-state index in [1.165, 1.54) is 12.8 Å². The number of amides is 1. The van der Waals surface area contributed by atoms with E-state index in [0.29, 0.717) is 29.1 Å². The lowest BCUT2D eigenvalue weighted by atomic mass is 10.2. The van der Waals surface area contributed by atoms with Crippen molar-refractivity contribution >= 4 is 17.2 Å². The molecule has 1 aromatic carbocycles. The molecule has 6 nitrogen and oxygen atoms in total. The number of pyridine rings is 2. The number of rotatable bonds is 5. The van der Waals surface area contributed by atoms with E-state index in [0.717, 1.165) is 29.2 Å². The summed E-state index contributed by atoms with van der Waals surface area (Å²) >= 11 is 0. The third-order valence-corrected chi connectivity index (χ3v) is 5.52. The van der Waals surface area contributed by atoms with E-state index in [4.69, 9.17) is 4.74 Å². The van der Waals surface area contributed by atoms with Gasteiger partial charge in [0.1, 0.15) is 11.4 Å². The van der Waals surface area contributed by atoms with Crippen molar-refractivity contribution in [2.45, 2.75) is 31.9 Å². The van der Waals surface area contributed by atoms with Gasteiger partial charge in [0, 0.05) is 35.6 Å². The van der Waals surface area contributed by atoms with Gasteiger partial charge in [-0.05, 0) is 62.2 Å². The molecule has 168 valence electrons. The minimum Gasteiger partial charge on any atom is -0.439 e. The van der Waals surface area contributed by atoms with Gasteiger partial charge in [0.25, 0.3) is 5.91 Å². The van der Waals surface area contributed by atoms with Gasteiger partial charge < -0.3 is 14.5 Å². The molecular formula is C24H19F3N4O2. The van der Waals surface area contributed by atoms with E-state index in [1.54, 1.807) is 24.3 Å². The van der Waals surface area contributed by atoms with E-state index in [2.05, 4.69) is 15.3 Å². The van der Waals surface area contributed by atoms with Gasteiger partial charge in [-0.1, -0.05) is 0 Å². The zero-order valence-corrected chi connectivity index (χ0v) is 17.6. The van der Waals surface area contributed by atoms with Crippen LogP contribution in [-0.4, -0.2) is 20.3 Å². The van der Waals surface area contributed by atoms with Gasteiger partial charge in [-0.2, -0.15) is 13.2 Å². The van der Waals surface area contributed by atoms with Crippen LogP contribution >= 0.6 is 0 Å². The van der Waals surface area contributed by atoms with Crippen LogP contribution in [0.15, 0.2) is 60.9 Å². The third-order valence-electron chi connectivity index (χ3n) is 5.52. The van der Waals surface area contributed by atoms with Crippen molar-refractivity contribution in [3.05, 3.63) is 83.4 Å². The number of nitrogens with one attached hydrogen (secondary N) is 1. The minimum atomic E-state index is -4.46. The first kappa shape index (κ1) is 21.0. The van der Waals surface area contributed by atoms with E-state index in [1.807, 2.05) is 29.7 Å². The van der Waals surface area contributed by atoms with Crippen molar-refractivity contribution in [2.24, 2.45) is 0 Å². The normalized spacial score (nSPS) is 13.8. The molecule has 4 aromatic rings. The number of anilines is 1. The molecule has 1 aliphatic carbocycles. The van der Waals surface area contributed by atoms with Gasteiger partial charge in [0.2, 0.25) is 5.88 Å². The second-order valence-corrected chi connectivity index (χ2v) is 7.97. The summed E-state index contributed by atoms with van der Waals surface area (Å²) in [5.74, 6) is 0.617. The summed E-state index contributed by atoms with van der Waals surface area (Å²) in [5, 5.41) is 2.87. The number of nitrogens with zero attached hydrogens (tertiary/aromatic N) is 3. The minimum absolute atomic E-state index is 0.0229. The van der Waals surface area contributed by atoms with E-state index >= 15 is 0 Å². The van der Waals surface area contributed by atoms with E-state index in [-0.39, 0.29) is 11.8 Å². The highest BCUT2D eigenvalue weighted by Crippen LogP contribution is 2.41. The van der Waals surface area contributed by atoms with Crippen LogP contribution in [0.3, 0.4) is 0 Å². The number of alkyl halides is 3. The first-order valence-corrected chi connectivity index (χ1v) is 10.4. The molecule has 0 aliphatic heterocycles. The average Bonchev–Trinajstić information content (AvgIpc) is 3.58. The summed E-state index contributed by atoms with van der Waals surface area (Å²) in [7, 11) is 0. The van der Waals surface area contributed by atoms with E-state index < -0.39 is 11.7 Å². The highest BCUT2D eigenvalue weighted by molar-refractivity contribution is 6.04. The molecule has 1 aliphatic rings. The molecule has 0 spiro atoms. The highest BCUT2D eigenvalue weighted by atomic mass is 19.4. The number of carbonyl (C=O) groups is 1. The van der Waals surface area contributed by atoms with Gasteiger partial charge in [-0.25, -0.2) is 9.97 Å². The molecule has 5 rings (SSSR count). The summed E-state index contributed by atoms with van der Waals surface area (Å²) in [6.45, 7) is 2.03. The molecule has 1 N–H and O–H groups in total. The fourth-order valence-electron chi connectivity index (χ4n) is 3.60. The Balaban J connectivity index is 1.26. The zero-order chi connectivity index (χ0) is 23.2. The number of imidazole rings is 1. The van der Waals surface area contributed by atoms with Gasteiger partial charge >= 0.3 is 6.18 Å². The molecule has 1 amide bonds. The average molecular weight is 452 g/mol. The molecule has 0 unspecified atom stereocenters. The number of carbonyl (C=O) groups excluding carboxylic acids is 1. The number of aromatic nitrogens is 3. The van der Waals surface area contributed by atoms with Crippen molar-refractivity contribution in [2.75, 3.05) is 5.32 Å². The maximum atomic E-state index is 12.7. The molecule has 0 saturated heterocycles. The summed E-state index contributed by atoms with van der Waals surface area (Å²) in [5.41, 5.74) is 3.26. The Labute approximate surface area is 187 Å². The summed E-state index contributed by atoms with van der Waals surface area (Å²) < 4.78 is 45.3. The van der Waals surface area contributed by atoms with Crippen LogP contribution in [0.5, 0.6) is 11.6 Å². The predicted octanol–water partition coefficient (Wildman–Crippen LogP) is 5.98. The number of hydrogen-bond donors (Lipinski definition) is 1. The molecule has 0 radical (unpaired) electrons. The molecule has 33 heavy (non-hydrogen) atoms. The first-order chi connectivity index (χ1) is 15.8. The van der Waals surface area contributed by atoms with Gasteiger partial charge in [0.15, 0.2) is 0 Å². The van der Waals surface area contributed by atoms with Gasteiger partial charge in [-0.3, -0.25) is 4.79 Å². The number of fused-ring (bicyclic) bond motifs is 1. The lowest BCUT2D eigenvalue weighted by molar-refractivity contribution is -0.137. The Morgan fingerprint density at radius 2 is 1.85 bits per heavy atom. The van der Waals surface area contributed by atoms with Gasteiger partial charge in [0.05, 0.1) is 16.9 Å². The Morgan fingerprint density at radius 1 is 1.09 bits per heavy atom. The number of benzene rings is 1. The van der Waals surface area contributed by atoms with Crippen molar-refractivity contribution < 1.29 is 22.7 Å². The second kappa shape index (κ2) is 7.91. The van der Waals surface area contributed by atoms with Crippen molar-refractivity contribution in [1.82, 2.24) is 14.4 Å². The fourth-order valence-corrected chi connectivity index (χ4v) is 3.60. The highest BCUT2D eigenvalue weighted by Gasteiger charge is 2.31. The number of hydrogen-bond acceptors (Lipinski definition) is 4. The molecule has 9 heteroatoms. The smallest absolute Gasteiger partial charge is 0.417 e. The lowest BCUT2D eigenvalue weighted by Gasteiger charge is -2.09. The van der Waals surface area contributed by atoms with Crippen LogP contribution in [0.25, 0.3) is 5.65 Å². The van der Waals surface area contributed by atoms with Crippen LogP contribution in [0.4, 0.5) is 18.9 Å². The van der Waals surface area contributed by atoms with Crippen LogP contribution < -0.4 is 10.1 Å². The zero-order valence-electron chi connectivity index (χ0n) is 17.6. The maximum Gasteiger partial charge on any atom is 0.417 e. The SMILES string of the molecule is Cc1c(C2CC2)nc2ccc(NC(=O)c3ccc(Oc4ccc(C(F)(F)F)cn4)cc3)cn12. The molecule has 3 heterocycles. The lowest BCUT2D eigenvalue weighted by Crippen LogP contribution is -2.12. The number of halogens is 3. The summed E-state index contributed by atoms with van der Waals surface area (Å²) in [6, 6.07) is 12.0. The number of ether oxygens (including phenoxy) is 1. The van der Waals surface area contributed by atoms with Crippen molar-refractivity contribution in [1.29, 1.82) is 0 Å². The standard InChI is InChI=1S/C24H19F3N4O2/c1-14-22(15-2-3-15)30-20-10-7-18(13-31(14)20)29-23(32)16-4-8-19(9-5-16)33-21-11-6-17(12-28-21)24(25,26)27/h4-13,15H,2-3H2,1H3,(H,29,32). The Hall–Kier alpha value is -3.88. The molecular weight excluding hydrogens is 433 g/mol. The fraction of sp³-hybridized carbons (Fsp3) is 0.208. The topological polar surface area (TPSA) is 68.5 Å². The Kier molecular flexibility index (Phi) is 5.03. The van der Waals surface area contributed by atoms with E-state index in [9.17, 15) is 18.0 Å². The van der Waals surface area contributed by atoms with Crippen LogP contribution in [-0.2, 0) is 6.18 Å². The quantitative estimate of drug-likeness (QED) is 0.405. The maximum absolute atomic E-state index is 12.7. The molecule has 0 atom stereocenters.